The molecule has 2 saturated heterocycles. The van der Waals surface area contributed by atoms with E-state index in [0.717, 1.165) is 12.1 Å². The molecule has 0 N–H and O–H groups in total. The molecule has 2 fully saturated rings. The van der Waals surface area contributed by atoms with Crippen molar-refractivity contribution in [2.75, 3.05) is 32.9 Å². The lowest BCUT2D eigenvalue weighted by molar-refractivity contribution is -0.130. The van der Waals surface area contributed by atoms with E-state index in [2.05, 4.69) is 4.98 Å². The minimum absolute atomic E-state index is 0.121. The van der Waals surface area contributed by atoms with Crippen molar-refractivity contribution in [2.45, 2.75) is 6.42 Å². The molecule has 2 atom stereocenters. The highest BCUT2D eigenvalue weighted by Crippen LogP contribution is 2.41. The fourth-order valence-electron chi connectivity index (χ4n) is 3.76. The summed E-state index contributed by atoms with van der Waals surface area (Å²) in [5.74, 6) is 1.13. The topological polar surface area (TPSA) is 51.7 Å². The molecule has 0 saturated carbocycles. The predicted molar refractivity (Wildman–Crippen MR) is 93.2 cm³/mol. The van der Waals surface area contributed by atoms with Gasteiger partial charge in [-0.1, -0.05) is 36.4 Å². The number of carbonyl (C=O) groups is 1. The molecule has 0 radical (unpaired) electrons. The van der Waals surface area contributed by atoms with Crippen LogP contribution in [0.5, 0.6) is 5.88 Å². The summed E-state index contributed by atoms with van der Waals surface area (Å²) >= 11 is 0. The summed E-state index contributed by atoms with van der Waals surface area (Å²) in [6.45, 7) is 3.30. The van der Waals surface area contributed by atoms with Crippen LogP contribution in [-0.4, -0.2) is 48.7 Å². The van der Waals surface area contributed by atoms with Crippen LogP contribution >= 0.6 is 0 Å². The Morgan fingerprint density at radius 3 is 2.88 bits per heavy atom. The average molecular weight is 338 g/mol. The number of benzene rings is 1. The van der Waals surface area contributed by atoms with Gasteiger partial charge in [0.05, 0.1) is 31.7 Å². The quantitative estimate of drug-likeness (QED) is 0.838. The first kappa shape index (κ1) is 16.1. The third kappa shape index (κ3) is 3.37. The summed E-state index contributed by atoms with van der Waals surface area (Å²) in [4.78, 5) is 18.9. The Kier molecular flexibility index (Phi) is 4.40. The van der Waals surface area contributed by atoms with Crippen LogP contribution in [0.1, 0.15) is 5.56 Å². The van der Waals surface area contributed by atoms with E-state index >= 15 is 0 Å². The summed E-state index contributed by atoms with van der Waals surface area (Å²) in [7, 11) is 0. The van der Waals surface area contributed by atoms with Gasteiger partial charge in [0.2, 0.25) is 11.8 Å². The van der Waals surface area contributed by atoms with Crippen LogP contribution in [0.2, 0.25) is 0 Å². The molecule has 0 aliphatic carbocycles. The second-order valence-electron chi connectivity index (χ2n) is 6.97. The van der Waals surface area contributed by atoms with E-state index in [4.69, 9.17) is 9.47 Å². The molecule has 4 rings (SSSR count). The lowest BCUT2D eigenvalue weighted by atomic mass is 9.82. The molecule has 2 aliphatic heterocycles. The Hall–Kier alpha value is -2.40. The zero-order valence-electron chi connectivity index (χ0n) is 14.1. The van der Waals surface area contributed by atoms with Gasteiger partial charge in [0.1, 0.15) is 0 Å². The molecule has 130 valence electrons. The van der Waals surface area contributed by atoms with Crippen molar-refractivity contribution in [3.8, 4) is 5.88 Å². The number of aromatic nitrogens is 1. The summed E-state index contributed by atoms with van der Waals surface area (Å²) in [6, 6.07) is 15.5. The van der Waals surface area contributed by atoms with Gasteiger partial charge in [0, 0.05) is 31.3 Å². The van der Waals surface area contributed by atoms with Gasteiger partial charge in [-0.3, -0.25) is 4.79 Å². The largest absolute Gasteiger partial charge is 0.477 e. The second kappa shape index (κ2) is 6.84. The van der Waals surface area contributed by atoms with Gasteiger partial charge < -0.3 is 14.4 Å². The number of carbonyl (C=O) groups excluding carboxylic acids is 1. The highest BCUT2D eigenvalue weighted by molar-refractivity contribution is 5.79. The standard InChI is InChI=1S/C20H22N2O3/c23-19(10-16-6-2-1-3-7-16)22-11-17-12-24-14-20(17,13-22)15-25-18-8-4-5-9-21-18/h1-9,17H,10-15H2/t17-,20+/m1/s1. The highest BCUT2D eigenvalue weighted by Gasteiger charge is 2.52. The summed E-state index contributed by atoms with van der Waals surface area (Å²) in [6.07, 6.45) is 2.17. The summed E-state index contributed by atoms with van der Waals surface area (Å²) < 4.78 is 11.6. The Bertz CT molecular complexity index is 722. The predicted octanol–water partition coefficient (Wildman–Crippen LogP) is 2.18. The number of pyridine rings is 1. The number of likely N-dealkylation sites (tertiary alicyclic amines) is 1. The number of fused-ring (bicyclic) bond motifs is 1. The fourth-order valence-corrected chi connectivity index (χ4v) is 3.76. The van der Waals surface area contributed by atoms with Gasteiger partial charge in [0.15, 0.2) is 0 Å². The van der Waals surface area contributed by atoms with Crippen LogP contribution in [0.3, 0.4) is 0 Å². The molecule has 2 aromatic rings. The first-order valence-electron chi connectivity index (χ1n) is 8.68. The molecule has 0 bridgehead atoms. The van der Waals surface area contributed by atoms with Crippen molar-refractivity contribution in [3.05, 3.63) is 60.3 Å². The van der Waals surface area contributed by atoms with Gasteiger partial charge in [-0.25, -0.2) is 4.98 Å². The number of ether oxygens (including phenoxy) is 2. The van der Waals surface area contributed by atoms with E-state index in [1.54, 1.807) is 6.20 Å². The molecule has 2 aliphatic rings. The molecule has 0 spiro atoms. The maximum atomic E-state index is 12.7. The van der Waals surface area contributed by atoms with E-state index in [0.29, 0.717) is 44.6 Å². The van der Waals surface area contributed by atoms with Crippen LogP contribution < -0.4 is 4.74 Å². The van der Waals surface area contributed by atoms with Gasteiger partial charge >= 0.3 is 0 Å². The Balaban J connectivity index is 1.41. The molecule has 3 heterocycles. The highest BCUT2D eigenvalue weighted by atomic mass is 16.5. The van der Waals surface area contributed by atoms with Crippen LogP contribution in [0.4, 0.5) is 0 Å². The van der Waals surface area contributed by atoms with E-state index in [-0.39, 0.29) is 11.3 Å². The Morgan fingerprint density at radius 1 is 1.24 bits per heavy atom. The van der Waals surface area contributed by atoms with E-state index in [9.17, 15) is 4.79 Å². The average Bonchev–Trinajstić information content (AvgIpc) is 3.19. The molecular formula is C20H22N2O3. The number of amides is 1. The van der Waals surface area contributed by atoms with Gasteiger partial charge in [-0.15, -0.1) is 0 Å². The van der Waals surface area contributed by atoms with E-state index in [1.165, 1.54) is 0 Å². The molecule has 5 nitrogen and oxygen atoms in total. The summed E-state index contributed by atoms with van der Waals surface area (Å²) in [5.41, 5.74) is 0.934. The minimum atomic E-state index is -0.121. The maximum absolute atomic E-state index is 12.7. The van der Waals surface area contributed by atoms with E-state index in [1.807, 2.05) is 53.4 Å². The molecule has 25 heavy (non-hydrogen) atoms. The van der Waals surface area contributed by atoms with Crippen molar-refractivity contribution >= 4 is 5.91 Å². The van der Waals surface area contributed by atoms with Crippen molar-refractivity contribution in [2.24, 2.45) is 11.3 Å². The first-order chi connectivity index (χ1) is 12.3. The van der Waals surface area contributed by atoms with Crippen LogP contribution in [0, 0.1) is 11.3 Å². The number of hydrogen-bond donors (Lipinski definition) is 0. The monoisotopic (exact) mass is 338 g/mol. The zero-order valence-corrected chi connectivity index (χ0v) is 14.1. The van der Waals surface area contributed by atoms with Crippen LogP contribution in [-0.2, 0) is 16.0 Å². The molecular weight excluding hydrogens is 316 g/mol. The van der Waals surface area contributed by atoms with Crippen molar-refractivity contribution in [1.29, 1.82) is 0 Å². The van der Waals surface area contributed by atoms with Crippen LogP contribution in [0.25, 0.3) is 0 Å². The lowest BCUT2D eigenvalue weighted by Gasteiger charge is -2.26. The van der Waals surface area contributed by atoms with Crippen molar-refractivity contribution in [1.82, 2.24) is 9.88 Å². The third-order valence-electron chi connectivity index (χ3n) is 5.22. The molecule has 5 heteroatoms. The van der Waals surface area contributed by atoms with E-state index < -0.39 is 0 Å². The number of nitrogens with zero attached hydrogens (tertiary/aromatic N) is 2. The van der Waals surface area contributed by atoms with Gasteiger partial charge in [0.25, 0.3) is 0 Å². The number of hydrogen-bond acceptors (Lipinski definition) is 4. The summed E-state index contributed by atoms with van der Waals surface area (Å²) in [5, 5.41) is 0. The van der Waals surface area contributed by atoms with Crippen molar-refractivity contribution < 1.29 is 14.3 Å². The number of rotatable bonds is 5. The smallest absolute Gasteiger partial charge is 0.227 e. The Morgan fingerprint density at radius 2 is 2.08 bits per heavy atom. The third-order valence-corrected chi connectivity index (χ3v) is 5.22. The molecule has 0 unspecified atom stereocenters. The normalized spacial score (nSPS) is 25.0. The lowest BCUT2D eigenvalue weighted by Crippen LogP contribution is -2.38. The van der Waals surface area contributed by atoms with Gasteiger partial charge in [-0.2, -0.15) is 0 Å². The van der Waals surface area contributed by atoms with Crippen LogP contribution in [0.15, 0.2) is 54.7 Å². The fraction of sp³-hybridized carbons (Fsp3) is 0.400. The zero-order chi connectivity index (χ0) is 17.1. The molecule has 1 aromatic heterocycles. The minimum Gasteiger partial charge on any atom is -0.477 e. The maximum Gasteiger partial charge on any atom is 0.227 e. The molecule has 1 amide bonds. The first-order valence-corrected chi connectivity index (χ1v) is 8.68. The Labute approximate surface area is 147 Å². The SMILES string of the molecule is O=C(Cc1ccccc1)N1C[C@@H]2COC[C@]2(COc2ccccn2)C1. The van der Waals surface area contributed by atoms with Crippen molar-refractivity contribution in [3.63, 3.8) is 0 Å². The second-order valence-corrected chi connectivity index (χ2v) is 6.97. The molecule has 1 aromatic carbocycles. The van der Waals surface area contributed by atoms with Gasteiger partial charge in [-0.05, 0) is 11.6 Å².